The zero-order valence-electron chi connectivity index (χ0n) is 28.9. The molecule has 3 heterocycles. The number of aromatic nitrogens is 3. The smallest absolute Gasteiger partial charge is 0.164 e. The summed E-state index contributed by atoms with van der Waals surface area (Å²) in [6, 6.07) is 60.5. The second kappa shape index (κ2) is 12.1. The van der Waals surface area contributed by atoms with Crippen LogP contribution in [0.4, 0.5) is 0 Å². The van der Waals surface area contributed by atoms with Crippen molar-refractivity contribution in [3.63, 3.8) is 0 Å². The summed E-state index contributed by atoms with van der Waals surface area (Å²) in [6.45, 7) is 0. The van der Waals surface area contributed by atoms with E-state index in [1.54, 1.807) is 0 Å². The molecule has 0 spiro atoms. The molecule has 5 heteroatoms. The lowest BCUT2D eigenvalue weighted by Crippen LogP contribution is -2.00. The van der Waals surface area contributed by atoms with Gasteiger partial charge in [0.1, 0.15) is 22.3 Å². The highest BCUT2D eigenvalue weighted by Crippen LogP contribution is 2.40. The minimum absolute atomic E-state index is 0.584. The summed E-state index contributed by atoms with van der Waals surface area (Å²) in [7, 11) is 0. The lowest BCUT2D eigenvalue weighted by Gasteiger charge is -2.10. The number of rotatable bonds is 5. The monoisotopic (exact) mass is 691 g/mol. The molecule has 0 saturated carbocycles. The first-order valence-electron chi connectivity index (χ1n) is 18.0. The zero-order valence-corrected chi connectivity index (χ0v) is 28.9. The largest absolute Gasteiger partial charge is 0.456 e. The fourth-order valence-corrected chi connectivity index (χ4v) is 7.62. The van der Waals surface area contributed by atoms with Crippen molar-refractivity contribution in [1.82, 2.24) is 15.0 Å². The van der Waals surface area contributed by atoms with Crippen molar-refractivity contribution in [3.8, 4) is 56.4 Å². The van der Waals surface area contributed by atoms with Gasteiger partial charge in [0.2, 0.25) is 0 Å². The molecule has 54 heavy (non-hydrogen) atoms. The summed E-state index contributed by atoms with van der Waals surface area (Å²) in [5.74, 6) is 1.80. The van der Waals surface area contributed by atoms with E-state index in [4.69, 9.17) is 23.8 Å². The van der Waals surface area contributed by atoms with Crippen LogP contribution in [0.1, 0.15) is 0 Å². The molecule has 0 unspecified atom stereocenters. The van der Waals surface area contributed by atoms with E-state index in [0.717, 1.165) is 93.6 Å². The molecule has 11 aromatic rings. The first kappa shape index (κ1) is 30.3. The Balaban J connectivity index is 1.09. The van der Waals surface area contributed by atoms with Crippen molar-refractivity contribution in [2.45, 2.75) is 0 Å². The maximum Gasteiger partial charge on any atom is 0.164 e. The van der Waals surface area contributed by atoms with Crippen molar-refractivity contribution < 1.29 is 8.83 Å². The van der Waals surface area contributed by atoms with Crippen LogP contribution in [0.25, 0.3) is 111 Å². The van der Waals surface area contributed by atoms with Gasteiger partial charge >= 0.3 is 0 Å². The number of furan rings is 2. The van der Waals surface area contributed by atoms with E-state index in [2.05, 4.69) is 140 Å². The molecule has 0 amide bonds. The predicted molar refractivity (Wildman–Crippen MR) is 219 cm³/mol. The molecule has 0 atom stereocenters. The minimum Gasteiger partial charge on any atom is -0.456 e. The van der Waals surface area contributed by atoms with Gasteiger partial charge in [-0.3, -0.25) is 0 Å². The Morgan fingerprint density at radius 1 is 0.296 bits per heavy atom. The maximum atomic E-state index is 6.47. The second-order valence-electron chi connectivity index (χ2n) is 13.6. The first-order chi connectivity index (χ1) is 26.7. The molecule has 11 rings (SSSR count). The first-order valence-corrected chi connectivity index (χ1v) is 18.0. The van der Waals surface area contributed by atoms with Crippen LogP contribution in [-0.4, -0.2) is 15.0 Å². The SMILES string of the molecule is c1ccc(-c2ccc(-c3nc(-c4ccc5ccccc5c4)nc(-c4cccc5oc6ccc(-c7ccc8oc9ccccc9c8c7)cc6c45)n3)cc2)cc1. The number of fused-ring (bicyclic) bond motifs is 7. The van der Waals surface area contributed by atoms with Crippen molar-refractivity contribution in [2.24, 2.45) is 0 Å². The average molecular weight is 692 g/mol. The molecule has 0 aliphatic heterocycles. The Morgan fingerprint density at radius 3 is 1.69 bits per heavy atom. The van der Waals surface area contributed by atoms with Gasteiger partial charge in [-0.05, 0) is 75.5 Å². The van der Waals surface area contributed by atoms with E-state index in [1.165, 1.54) is 0 Å². The van der Waals surface area contributed by atoms with Crippen molar-refractivity contribution in [3.05, 3.63) is 176 Å². The fraction of sp³-hybridized carbons (Fsp3) is 0. The third kappa shape index (κ3) is 5.06. The Hall–Kier alpha value is -7.37. The van der Waals surface area contributed by atoms with Crippen LogP contribution in [0.15, 0.2) is 185 Å². The molecule has 0 aliphatic rings. The Kier molecular flexibility index (Phi) is 6.79. The summed E-state index contributed by atoms with van der Waals surface area (Å²) >= 11 is 0. The minimum atomic E-state index is 0.584. The van der Waals surface area contributed by atoms with Gasteiger partial charge in [-0.25, -0.2) is 15.0 Å². The summed E-state index contributed by atoms with van der Waals surface area (Å²) in [6.07, 6.45) is 0. The van der Waals surface area contributed by atoms with E-state index in [0.29, 0.717) is 17.5 Å². The summed E-state index contributed by atoms with van der Waals surface area (Å²) in [5, 5.41) is 6.45. The quantitative estimate of drug-likeness (QED) is 0.180. The van der Waals surface area contributed by atoms with Crippen molar-refractivity contribution >= 4 is 54.6 Å². The van der Waals surface area contributed by atoms with Crippen LogP contribution in [0.5, 0.6) is 0 Å². The van der Waals surface area contributed by atoms with E-state index < -0.39 is 0 Å². The third-order valence-electron chi connectivity index (χ3n) is 10.3. The highest BCUT2D eigenvalue weighted by Gasteiger charge is 2.19. The summed E-state index contributed by atoms with van der Waals surface area (Å²) in [4.78, 5) is 15.4. The van der Waals surface area contributed by atoms with E-state index >= 15 is 0 Å². The topological polar surface area (TPSA) is 65.0 Å². The van der Waals surface area contributed by atoms with E-state index in [9.17, 15) is 0 Å². The molecular formula is C49H29N3O2. The van der Waals surface area contributed by atoms with Gasteiger partial charge < -0.3 is 8.83 Å². The van der Waals surface area contributed by atoms with Gasteiger partial charge in [0.15, 0.2) is 17.5 Å². The molecule has 0 fully saturated rings. The fourth-order valence-electron chi connectivity index (χ4n) is 7.62. The Morgan fingerprint density at radius 2 is 0.852 bits per heavy atom. The number of hydrogen-bond acceptors (Lipinski definition) is 5. The average Bonchev–Trinajstić information content (AvgIpc) is 3.81. The molecule has 3 aromatic heterocycles. The van der Waals surface area contributed by atoms with Crippen molar-refractivity contribution in [1.29, 1.82) is 0 Å². The summed E-state index contributed by atoms with van der Waals surface area (Å²) in [5.41, 5.74) is 10.5. The van der Waals surface area contributed by atoms with Gasteiger partial charge in [0, 0.05) is 38.2 Å². The van der Waals surface area contributed by atoms with Gasteiger partial charge in [-0.2, -0.15) is 0 Å². The lowest BCUT2D eigenvalue weighted by atomic mass is 9.99. The lowest BCUT2D eigenvalue weighted by molar-refractivity contribution is 0.668. The van der Waals surface area contributed by atoms with Crippen LogP contribution in [0.3, 0.4) is 0 Å². The van der Waals surface area contributed by atoms with Gasteiger partial charge in [-0.15, -0.1) is 0 Å². The normalized spacial score (nSPS) is 11.7. The van der Waals surface area contributed by atoms with Crippen molar-refractivity contribution in [2.75, 3.05) is 0 Å². The van der Waals surface area contributed by atoms with E-state index in [-0.39, 0.29) is 0 Å². The standard InChI is InChI=1S/C49H29N3O2/c1-2-9-30(10-3-1)32-17-20-33(21-18-32)47-50-48(37-22-19-31-11-4-5-12-34(31)27-37)52-49(51-47)39-14-8-16-45-46(39)41-29-36(24-26-44(41)54-45)35-23-25-43-40(28-35)38-13-6-7-15-42(38)53-43/h1-29H. The highest BCUT2D eigenvalue weighted by molar-refractivity contribution is 6.13. The van der Waals surface area contributed by atoms with Crippen LogP contribution in [0.2, 0.25) is 0 Å². The molecule has 0 bridgehead atoms. The predicted octanol–water partition coefficient (Wildman–Crippen LogP) is 13.2. The van der Waals surface area contributed by atoms with Crippen LogP contribution < -0.4 is 0 Å². The van der Waals surface area contributed by atoms with Gasteiger partial charge in [0.25, 0.3) is 0 Å². The molecule has 5 nitrogen and oxygen atoms in total. The molecule has 0 saturated heterocycles. The highest BCUT2D eigenvalue weighted by atomic mass is 16.3. The molecule has 0 radical (unpaired) electrons. The Labute approximate surface area is 309 Å². The molecule has 252 valence electrons. The third-order valence-corrected chi connectivity index (χ3v) is 10.3. The maximum absolute atomic E-state index is 6.47. The van der Waals surface area contributed by atoms with Gasteiger partial charge in [-0.1, -0.05) is 133 Å². The van der Waals surface area contributed by atoms with Crippen LogP contribution in [-0.2, 0) is 0 Å². The van der Waals surface area contributed by atoms with Crippen LogP contribution >= 0.6 is 0 Å². The number of hydrogen-bond donors (Lipinski definition) is 0. The van der Waals surface area contributed by atoms with E-state index in [1.807, 2.05) is 36.4 Å². The summed E-state index contributed by atoms with van der Waals surface area (Å²) < 4.78 is 12.6. The Bertz CT molecular complexity index is 3210. The molecule has 0 N–H and O–H groups in total. The number of nitrogens with zero attached hydrogens (tertiary/aromatic N) is 3. The number of benzene rings is 8. The molecular weight excluding hydrogens is 663 g/mol. The zero-order chi connectivity index (χ0) is 35.6. The molecule has 0 aliphatic carbocycles. The molecule has 8 aromatic carbocycles. The number of para-hydroxylation sites is 1. The van der Waals surface area contributed by atoms with Gasteiger partial charge in [0.05, 0.1) is 0 Å². The van der Waals surface area contributed by atoms with Crippen LogP contribution in [0, 0.1) is 0 Å². The second-order valence-corrected chi connectivity index (χ2v) is 13.6.